The number of likely N-dealkylation sites (tertiary alicyclic amines) is 1. The Labute approximate surface area is 172 Å². The Morgan fingerprint density at radius 3 is 2.38 bits per heavy atom. The maximum Gasteiger partial charge on any atom is 0.225 e. The van der Waals surface area contributed by atoms with Gasteiger partial charge in [-0.25, -0.2) is 0 Å². The van der Waals surface area contributed by atoms with Gasteiger partial charge in [0.1, 0.15) is 13.2 Å². The monoisotopic (exact) mass is 400 g/mol. The van der Waals surface area contributed by atoms with Crippen LogP contribution in [0.25, 0.3) is 0 Å². The lowest BCUT2D eigenvalue weighted by Crippen LogP contribution is -2.49. The van der Waals surface area contributed by atoms with E-state index in [9.17, 15) is 9.59 Å². The van der Waals surface area contributed by atoms with Gasteiger partial charge in [0.05, 0.1) is 5.54 Å². The summed E-state index contributed by atoms with van der Waals surface area (Å²) in [7, 11) is 0. The van der Waals surface area contributed by atoms with E-state index in [4.69, 9.17) is 9.47 Å². The first-order chi connectivity index (χ1) is 14.0. The Morgan fingerprint density at radius 2 is 1.72 bits per heavy atom. The molecule has 4 rings (SSSR count). The molecular formula is C23H32N2O4. The summed E-state index contributed by atoms with van der Waals surface area (Å²) in [4.78, 5) is 27.3. The average Bonchev–Trinajstić information content (AvgIpc) is 3.22. The summed E-state index contributed by atoms with van der Waals surface area (Å²) in [5.74, 6) is 1.85. The van der Waals surface area contributed by atoms with Gasteiger partial charge >= 0.3 is 0 Å². The molecule has 0 atom stereocenters. The van der Waals surface area contributed by atoms with Crippen LogP contribution in [0.3, 0.4) is 0 Å². The number of carbonyl (C=O) groups excluding carboxylic acids is 2. The standard InChI is InChI=1S/C23H32N2O4/c1-16(2)22(27)25-11-7-17(8-12-25)21(26)24-23(9-3-4-10-23)18-5-6-19-20(15-18)29-14-13-28-19/h5-6,15-17H,3-4,7-14H2,1-2H3,(H,24,26). The van der Waals surface area contributed by atoms with Gasteiger partial charge in [-0.05, 0) is 43.4 Å². The van der Waals surface area contributed by atoms with E-state index in [-0.39, 0.29) is 29.2 Å². The van der Waals surface area contributed by atoms with Crippen LogP contribution in [0.4, 0.5) is 0 Å². The molecule has 158 valence electrons. The van der Waals surface area contributed by atoms with Crippen LogP contribution in [0, 0.1) is 11.8 Å². The predicted molar refractivity (Wildman–Crippen MR) is 110 cm³/mol. The van der Waals surface area contributed by atoms with E-state index < -0.39 is 0 Å². The smallest absolute Gasteiger partial charge is 0.225 e. The molecule has 0 spiro atoms. The summed E-state index contributed by atoms with van der Waals surface area (Å²) in [5.41, 5.74) is 0.790. The predicted octanol–water partition coefficient (Wildman–Crippen LogP) is 3.24. The normalized spacial score (nSPS) is 21.3. The zero-order valence-corrected chi connectivity index (χ0v) is 17.5. The van der Waals surface area contributed by atoms with Crippen molar-refractivity contribution in [3.8, 4) is 11.5 Å². The highest BCUT2D eigenvalue weighted by Crippen LogP contribution is 2.42. The van der Waals surface area contributed by atoms with E-state index in [1.165, 1.54) is 0 Å². The van der Waals surface area contributed by atoms with Crippen LogP contribution < -0.4 is 14.8 Å². The van der Waals surface area contributed by atoms with Gasteiger partial charge in [-0.15, -0.1) is 0 Å². The van der Waals surface area contributed by atoms with Crippen molar-refractivity contribution in [2.24, 2.45) is 11.8 Å². The minimum absolute atomic E-state index is 0.0114. The summed E-state index contributed by atoms with van der Waals surface area (Å²) in [6, 6.07) is 6.08. The van der Waals surface area contributed by atoms with Gasteiger partial charge in [-0.2, -0.15) is 0 Å². The molecule has 0 aromatic heterocycles. The van der Waals surface area contributed by atoms with Crippen molar-refractivity contribution in [1.82, 2.24) is 10.2 Å². The number of fused-ring (bicyclic) bond motifs is 1. The number of hydrogen-bond acceptors (Lipinski definition) is 4. The van der Waals surface area contributed by atoms with E-state index in [1.54, 1.807) is 0 Å². The molecule has 2 amide bonds. The molecule has 1 saturated carbocycles. The van der Waals surface area contributed by atoms with Crippen LogP contribution in [-0.4, -0.2) is 43.0 Å². The maximum absolute atomic E-state index is 13.2. The number of nitrogens with one attached hydrogen (secondary N) is 1. The minimum Gasteiger partial charge on any atom is -0.486 e. The van der Waals surface area contributed by atoms with Gasteiger partial charge in [0, 0.05) is 24.9 Å². The van der Waals surface area contributed by atoms with Gasteiger partial charge in [-0.1, -0.05) is 32.8 Å². The molecule has 1 aromatic rings. The van der Waals surface area contributed by atoms with Crippen molar-refractivity contribution in [3.05, 3.63) is 23.8 Å². The molecule has 6 nitrogen and oxygen atoms in total. The van der Waals surface area contributed by atoms with Crippen LogP contribution in [0.5, 0.6) is 11.5 Å². The first-order valence-corrected chi connectivity index (χ1v) is 11.0. The third kappa shape index (κ3) is 4.07. The van der Waals surface area contributed by atoms with Gasteiger partial charge in [0.2, 0.25) is 11.8 Å². The SMILES string of the molecule is CC(C)C(=O)N1CCC(C(=O)NC2(c3ccc4c(c3)OCCO4)CCCC2)CC1. The van der Waals surface area contributed by atoms with Gasteiger partial charge in [0.25, 0.3) is 0 Å². The molecular weight excluding hydrogens is 368 g/mol. The first-order valence-electron chi connectivity index (χ1n) is 11.0. The number of piperidine rings is 1. The van der Waals surface area contributed by atoms with E-state index in [0.717, 1.165) is 55.6 Å². The molecule has 0 unspecified atom stereocenters. The van der Waals surface area contributed by atoms with Crippen LogP contribution in [0.2, 0.25) is 0 Å². The van der Waals surface area contributed by atoms with Crippen LogP contribution in [0.1, 0.15) is 57.9 Å². The number of amides is 2. The Hall–Kier alpha value is -2.24. The molecule has 0 radical (unpaired) electrons. The Morgan fingerprint density at radius 1 is 1.07 bits per heavy atom. The lowest BCUT2D eigenvalue weighted by atomic mass is 9.86. The number of rotatable bonds is 4. The van der Waals surface area contributed by atoms with Gasteiger partial charge < -0.3 is 19.7 Å². The van der Waals surface area contributed by atoms with Crippen molar-refractivity contribution in [1.29, 1.82) is 0 Å². The number of ether oxygens (including phenoxy) is 2. The van der Waals surface area contributed by atoms with E-state index in [1.807, 2.05) is 30.9 Å². The molecule has 1 N–H and O–H groups in total. The molecule has 6 heteroatoms. The third-order valence-electron chi connectivity index (χ3n) is 6.59. The maximum atomic E-state index is 13.2. The van der Waals surface area contributed by atoms with Crippen LogP contribution >= 0.6 is 0 Å². The van der Waals surface area contributed by atoms with Crippen molar-refractivity contribution in [2.45, 2.75) is 57.9 Å². The number of hydrogen-bond donors (Lipinski definition) is 1. The largest absolute Gasteiger partial charge is 0.486 e. The lowest BCUT2D eigenvalue weighted by molar-refractivity contribution is -0.138. The number of benzene rings is 1. The van der Waals surface area contributed by atoms with Crippen LogP contribution in [0.15, 0.2) is 18.2 Å². The zero-order chi connectivity index (χ0) is 20.4. The topological polar surface area (TPSA) is 67.9 Å². The Balaban J connectivity index is 1.45. The van der Waals surface area contributed by atoms with Crippen molar-refractivity contribution in [2.75, 3.05) is 26.3 Å². The van der Waals surface area contributed by atoms with Crippen molar-refractivity contribution >= 4 is 11.8 Å². The molecule has 29 heavy (non-hydrogen) atoms. The summed E-state index contributed by atoms with van der Waals surface area (Å²) in [6.45, 7) is 6.34. The average molecular weight is 401 g/mol. The van der Waals surface area contributed by atoms with Crippen molar-refractivity contribution in [3.63, 3.8) is 0 Å². The Kier molecular flexibility index (Phi) is 5.70. The highest BCUT2D eigenvalue weighted by molar-refractivity contribution is 5.81. The van der Waals surface area contributed by atoms with E-state index >= 15 is 0 Å². The second kappa shape index (κ2) is 8.25. The molecule has 1 aliphatic carbocycles. The van der Waals surface area contributed by atoms with Crippen molar-refractivity contribution < 1.29 is 19.1 Å². The first kappa shape index (κ1) is 20.0. The molecule has 2 heterocycles. The molecule has 2 fully saturated rings. The fraction of sp³-hybridized carbons (Fsp3) is 0.652. The van der Waals surface area contributed by atoms with Gasteiger partial charge in [0.15, 0.2) is 11.5 Å². The molecule has 3 aliphatic rings. The summed E-state index contributed by atoms with van der Waals surface area (Å²) in [5, 5.41) is 3.41. The minimum atomic E-state index is -0.322. The Bertz CT molecular complexity index is 762. The molecule has 0 bridgehead atoms. The summed E-state index contributed by atoms with van der Waals surface area (Å²) in [6.07, 6.45) is 5.58. The number of carbonyl (C=O) groups is 2. The fourth-order valence-electron chi connectivity index (χ4n) is 4.87. The molecule has 1 saturated heterocycles. The quantitative estimate of drug-likeness (QED) is 0.843. The summed E-state index contributed by atoms with van der Waals surface area (Å²) >= 11 is 0. The second-order valence-corrected chi connectivity index (χ2v) is 8.89. The van der Waals surface area contributed by atoms with Gasteiger partial charge in [-0.3, -0.25) is 9.59 Å². The lowest BCUT2D eigenvalue weighted by Gasteiger charge is -2.36. The van der Waals surface area contributed by atoms with Crippen LogP contribution in [-0.2, 0) is 15.1 Å². The third-order valence-corrected chi connectivity index (χ3v) is 6.59. The van der Waals surface area contributed by atoms with E-state index in [2.05, 4.69) is 11.4 Å². The second-order valence-electron chi connectivity index (χ2n) is 8.89. The molecule has 1 aromatic carbocycles. The summed E-state index contributed by atoms with van der Waals surface area (Å²) < 4.78 is 11.4. The highest BCUT2D eigenvalue weighted by atomic mass is 16.6. The fourth-order valence-corrected chi connectivity index (χ4v) is 4.87. The highest BCUT2D eigenvalue weighted by Gasteiger charge is 2.40. The van der Waals surface area contributed by atoms with E-state index in [0.29, 0.717) is 26.3 Å². The zero-order valence-electron chi connectivity index (χ0n) is 17.5. The number of nitrogens with zero attached hydrogens (tertiary/aromatic N) is 1. The molecule has 2 aliphatic heterocycles.